The molecule has 0 radical (unpaired) electrons. The third kappa shape index (κ3) is 8.06. The van der Waals surface area contributed by atoms with Gasteiger partial charge in [-0.15, -0.1) is 0 Å². The SMILES string of the molecule is Cc1cccc(CNC[C@@H](O)[C@H](Cc2ccccc2)NC(=O)OC(C)(C)C)n1. The van der Waals surface area contributed by atoms with E-state index >= 15 is 0 Å². The third-order valence-corrected chi connectivity index (χ3v) is 4.07. The first-order valence-corrected chi connectivity index (χ1v) is 9.58. The van der Waals surface area contributed by atoms with E-state index in [0.29, 0.717) is 19.5 Å². The zero-order chi connectivity index (χ0) is 20.6. The molecule has 0 bridgehead atoms. The van der Waals surface area contributed by atoms with Gasteiger partial charge in [-0.2, -0.15) is 0 Å². The van der Waals surface area contributed by atoms with E-state index in [9.17, 15) is 9.90 Å². The normalized spacial score (nSPS) is 13.6. The summed E-state index contributed by atoms with van der Waals surface area (Å²) in [6, 6.07) is 15.1. The van der Waals surface area contributed by atoms with Crippen LogP contribution in [0.3, 0.4) is 0 Å². The molecule has 1 amide bonds. The number of pyridine rings is 1. The van der Waals surface area contributed by atoms with E-state index in [1.807, 2.05) is 76.2 Å². The highest BCUT2D eigenvalue weighted by molar-refractivity contribution is 5.68. The number of aromatic nitrogens is 1. The van der Waals surface area contributed by atoms with Crippen LogP contribution < -0.4 is 10.6 Å². The van der Waals surface area contributed by atoms with Crippen LogP contribution in [0.5, 0.6) is 0 Å². The molecule has 0 saturated heterocycles. The number of aliphatic hydroxyl groups excluding tert-OH is 1. The molecule has 0 saturated carbocycles. The summed E-state index contributed by atoms with van der Waals surface area (Å²) in [4.78, 5) is 16.7. The molecule has 2 atom stereocenters. The van der Waals surface area contributed by atoms with Crippen molar-refractivity contribution in [2.75, 3.05) is 6.54 Å². The summed E-state index contributed by atoms with van der Waals surface area (Å²) in [5, 5.41) is 16.7. The first kappa shape index (κ1) is 21.9. The lowest BCUT2D eigenvalue weighted by atomic mass is 10.0. The molecule has 0 spiro atoms. The number of rotatable bonds is 8. The molecule has 1 aromatic carbocycles. The fourth-order valence-electron chi connectivity index (χ4n) is 2.80. The van der Waals surface area contributed by atoms with Crippen molar-refractivity contribution in [3.8, 4) is 0 Å². The lowest BCUT2D eigenvalue weighted by molar-refractivity contribution is 0.0422. The maximum atomic E-state index is 12.2. The topological polar surface area (TPSA) is 83.5 Å². The van der Waals surface area contributed by atoms with Gasteiger partial charge >= 0.3 is 6.09 Å². The van der Waals surface area contributed by atoms with E-state index in [2.05, 4.69) is 15.6 Å². The number of hydrogen-bond donors (Lipinski definition) is 3. The summed E-state index contributed by atoms with van der Waals surface area (Å²) < 4.78 is 5.35. The second-order valence-corrected chi connectivity index (χ2v) is 7.91. The molecule has 2 aromatic rings. The number of aryl methyl sites for hydroxylation is 1. The Hall–Kier alpha value is -2.44. The number of aliphatic hydroxyl groups is 1. The number of carbonyl (C=O) groups excluding carboxylic acids is 1. The Labute approximate surface area is 167 Å². The number of hydrogen-bond acceptors (Lipinski definition) is 5. The molecule has 3 N–H and O–H groups in total. The average molecular weight is 386 g/mol. The van der Waals surface area contributed by atoms with Crippen LogP contribution in [0.15, 0.2) is 48.5 Å². The van der Waals surface area contributed by atoms with Crippen molar-refractivity contribution in [1.29, 1.82) is 0 Å². The van der Waals surface area contributed by atoms with Crippen LogP contribution in [-0.2, 0) is 17.7 Å². The van der Waals surface area contributed by atoms with Crippen LogP contribution in [0.25, 0.3) is 0 Å². The highest BCUT2D eigenvalue weighted by Gasteiger charge is 2.24. The molecular formula is C22H31N3O3. The van der Waals surface area contributed by atoms with Crippen molar-refractivity contribution in [3.63, 3.8) is 0 Å². The first-order chi connectivity index (χ1) is 13.2. The van der Waals surface area contributed by atoms with Crippen molar-refractivity contribution in [2.45, 2.75) is 58.4 Å². The Morgan fingerprint density at radius 1 is 1.14 bits per heavy atom. The smallest absolute Gasteiger partial charge is 0.407 e. The summed E-state index contributed by atoms with van der Waals surface area (Å²) in [5.74, 6) is 0. The minimum Gasteiger partial charge on any atom is -0.444 e. The Balaban J connectivity index is 1.96. The van der Waals surface area contributed by atoms with Crippen LogP contribution in [0.2, 0.25) is 0 Å². The van der Waals surface area contributed by atoms with Gasteiger partial charge in [0.25, 0.3) is 0 Å². The molecule has 2 rings (SSSR count). The summed E-state index contributed by atoms with van der Waals surface area (Å²) in [6.07, 6.45) is -0.809. The number of ether oxygens (including phenoxy) is 1. The molecule has 6 heteroatoms. The predicted molar refractivity (Wildman–Crippen MR) is 110 cm³/mol. The van der Waals surface area contributed by atoms with Crippen LogP contribution >= 0.6 is 0 Å². The lowest BCUT2D eigenvalue weighted by Crippen LogP contribution is -2.49. The van der Waals surface area contributed by atoms with Gasteiger partial charge in [0.15, 0.2) is 0 Å². The molecule has 1 aromatic heterocycles. The van der Waals surface area contributed by atoms with Gasteiger partial charge in [0.2, 0.25) is 0 Å². The van der Waals surface area contributed by atoms with Gasteiger partial charge in [-0.3, -0.25) is 4.98 Å². The van der Waals surface area contributed by atoms with Crippen LogP contribution in [0, 0.1) is 6.92 Å². The van der Waals surface area contributed by atoms with E-state index in [1.165, 1.54) is 0 Å². The molecule has 6 nitrogen and oxygen atoms in total. The monoisotopic (exact) mass is 385 g/mol. The highest BCUT2D eigenvalue weighted by Crippen LogP contribution is 2.10. The van der Waals surface area contributed by atoms with E-state index in [-0.39, 0.29) is 0 Å². The van der Waals surface area contributed by atoms with Crippen LogP contribution in [0.4, 0.5) is 4.79 Å². The minimum absolute atomic E-state index is 0.322. The van der Waals surface area contributed by atoms with E-state index in [1.54, 1.807) is 0 Å². The largest absolute Gasteiger partial charge is 0.444 e. The average Bonchev–Trinajstić information content (AvgIpc) is 2.60. The lowest BCUT2D eigenvalue weighted by Gasteiger charge is -2.27. The minimum atomic E-state index is -0.780. The summed E-state index contributed by atoms with van der Waals surface area (Å²) >= 11 is 0. The van der Waals surface area contributed by atoms with E-state index in [4.69, 9.17) is 4.74 Å². The molecule has 1 heterocycles. The van der Waals surface area contributed by atoms with Crippen molar-refractivity contribution < 1.29 is 14.6 Å². The zero-order valence-corrected chi connectivity index (χ0v) is 17.1. The fraction of sp³-hybridized carbons (Fsp3) is 0.455. The summed E-state index contributed by atoms with van der Waals surface area (Å²) in [6.45, 7) is 8.24. The Morgan fingerprint density at radius 3 is 2.50 bits per heavy atom. The number of amides is 1. The Morgan fingerprint density at radius 2 is 1.86 bits per heavy atom. The Kier molecular flexibility index (Phi) is 7.96. The second kappa shape index (κ2) is 10.2. The quantitative estimate of drug-likeness (QED) is 0.651. The van der Waals surface area contributed by atoms with Gasteiger partial charge in [-0.25, -0.2) is 4.79 Å². The number of nitrogens with zero attached hydrogens (tertiary/aromatic N) is 1. The highest BCUT2D eigenvalue weighted by atomic mass is 16.6. The van der Waals surface area contributed by atoms with Gasteiger partial charge in [0.05, 0.1) is 17.8 Å². The maximum Gasteiger partial charge on any atom is 0.407 e. The molecule has 0 aliphatic carbocycles. The molecule has 152 valence electrons. The zero-order valence-electron chi connectivity index (χ0n) is 17.1. The summed E-state index contributed by atoms with van der Waals surface area (Å²) in [5.41, 5.74) is 2.30. The van der Waals surface area contributed by atoms with Crippen LogP contribution in [0.1, 0.15) is 37.7 Å². The fourth-order valence-corrected chi connectivity index (χ4v) is 2.80. The van der Waals surface area contributed by atoms with E-state index < -0.39 is 23.8 Å². The third-order valence-electron chi connectivity index (χ3n) is 4.07. The molecule has 0 aliphatic heterocycles. The van der Waals surface area contributed by atoms with Gasteiger partial charge in [0, 0.05) is 18.8 Å². The van der Waals surface area contributed by atoms with Gasteiger partial charge in [-0.1, -0.05) is 36.4 Å². The molecule has 0 unspecified atom stereocenters. The molecule has 0 fully saturated rings. The second-order valence-electron chi connectivity index (χ2n) is 7.91. The van der Waals surface area contributed by atoms with Gasteiger partial charge in [-0.05, 0) is 51.8 Å². The molecule has 28 heavy (non-hydrogen) atoms. The number of benzene rings is 1. The first-order valence-electron chi connectivity index (χ1n) is 9.58. The number of nitrogens with one attached hydrogen (secondary N) is 2. The van der Waals surface area contributed by atoms with Crippen molar-refractivity contribution >= 4 is 6.09 Å². The van der Waals surface area contributed by atoms with Gasteiger partial charge in [0.1, 0.15) is 5.60 Å². The van der Waals surface area contributed by atoms with E-state index in [0.717, 1.165) is 17.0 Å². The summed E-state index contributed by atoms with van der Waals surface area (Å²) in [7, 11) is 0. The standard InChI is InChI=1S/C22H31N3O3/c1-16-9-8-12-18(24-16)14-23-15-20(26)19(13-17-10-6-5-7-11-17)25-21(27)28-22(2,3)4/h5-12,19-20,23,26H,13-15H2,1-4H3,(H,25,27)/t19-,20+/m0/s1. The Bertz CT molecular complexity index is 744. The number of alkyl carbamates (subject to hydrolysis) is 1. The van der Waals surface area contributed by atoms with Crippen molar-refractivity contribution in [3.05, 3.63) is 65.5 Å². The van der Waals surface area contributed by atoms with Crippen molar-refractivity contribution in [1.82, 2.24) is 15.6 Å². The van der Waals surface area contributed by atoms with Gasteiger partial charge < -0.3 is 20.5 Å². The molecular weight excluding hydrogens is 354 g/mol. The predicted octanol–water partition coefficient (Wildman–Crippen LogP) is 2.98. The number of carbonyl (C=O) groups is 1. The van der Waals surface area contributed by atoms with Crippen molar-refractivity contribution in [2.24, 2.45) is 0 Å². The van der Waals surface area contributed by atoms with Crippen LogP contribution in [-0.4, -0.2) is 40.5 Å². The maximum absolute atomic E-state index is 12.2. The molecule has 0 aliphatic rings.